The number of hydrogen-bond donors (Lipinski definition) is 0. The molecular formula is C14H20O3. The number of Topliss-reactive ketones (excluding diaryl/α,β-unsaturated/α-hetero) is 1. The fourth-order valence-corrected chi connectivity index (χ4v) is 1.61. The minimum Gasteiger partial charge on any atom is -0.496 e. The van der Waals surface area contributed by atoms with Crippen molar-refractivity contribution in [3.8, 4) is 11.5 Å². The third-order valence-corrected chi connectivity index (χ3v) is 2.32. The summed E-state index contributed by atoms with van der Waals surface area (Å²) in [5.74, 6) is 1.42. The first-order chi connectivity index (χ1) is 8.08. The van der Waals surface area contributed by atoms with Gasteiger partial charge in [-0.2, -0.15) is 0 Å². The maximum atomic E-state index is 11.9. The number of hydrogen-bond acceptors (Lipinski definition) is 3. The summed E-state index contributed by atoms with van der Waals surface area (Å²) in [5, 5.41) is 0. The van der Waals surface area contributed by atoms with E-state index in [1.807, 2.05) is 26.8 Å². The molecule has 1 aromatic carbocycles. The largest absolute Gasteiger partial charge is 0.496 e. The van der Waals surface area contributed by atoms with Gasteiger partial charge < -0.3 is 9.47 Å². The summed E-state index contributed by atoms with van der Waals surface area (Å²) in [6.07, 6.45) is 1.45. The molecule has 0 radical (unpaired) electrons. The Morgan fingerprint density at radius 2 is 2.06 bits per heavy atom. The van der Waals surface area contributed by atoms with Crippen molar-refractivity contribution >= 4 is 5.78 Å². The Kier molecular flexibility index (Phi) is 5.01. The molecule has 0 amide bonds. The van der Waals surface area contributed by atoms with E-state index in [1.165, 1.54) is 0 Å². The molecule has 17 heavy (non-hydrogen) atoms. The van der Waals surface area contributed by atoms with Gasteiger partial charge in [-0.3, -0.25) is 4.79 Å². The summed E-state index contributed by atoms with van der Waals surface area (Å²) in [7, 11) is 1.57. The molecule has 0 N–H and O–H groups in total. The fourth-order valence-electron chi connectivity index (χ4n) is 1.61. The Labute approximate surface area is 103 Å². The summed E-state index contributed by atoms with van der Waals surface area (Å²) >= 11 is 0. The first-order valence-electron chi connectivity index (χ1n) is 5.96. The normalized spacial score (nSPS) is 10.4. The topological polar surface area (TPSA) is 35.5 Å². The summed E-state index contributed by atoms with van der Waals surface area (Å²) in [5.41, 5.74) is 0.604. The molecule has 0 aliphatic rings. The molecule has 0 spiro atoms. The number of methoxy groups -OCH3 is 1. The molecule has 1 rings (SSSR count). The second-order valence-corrected chi connectivity index (χ2v) is 4.20. The average molecular weight is 236 g/mol. The molecule has 0 unspecified atom stereocenters. The molecule has 0 aromatic heterocycles. The van der Waals surface area contributed by atoms with Crippen molar-refractivity contribution in [1.82, 2.24) is 0 Å². The van der Waals surface area contributed by atoms with Gasteiger partial charge in [0.2, 0.25) is 0 Å². The van der Waals surface area contributed by atoms with Crippen molar-refractivity contribution in [3.63, 3.8) is 0 Å². The molecule has 94 valence electrons. The van der Waals surface area contributed by atoms with Crippen LogP contribution in [-0.2, 0) is 0 Å². The zero-order chi connectivity index (χ0) is 12.8. The van der Waals surface area contributed by atoms with Crippen molar-refractivity contribution in [1.29, 1.82) is 0 Å². The molecule has 1 aromatic rings. The zero-order valence-electron chi connectivity index (χ0n) is 10.9. The van der Waals surface area contributed by atoms with Crippen LogP contribution in [0.15, 0.2) is 18.2 Å². The number of rotatable bonds is 6. The molecule has 0 aliphatic carbocycles. The van der Waals surface area contributed by atoms with Gasteiger partial charge in [0.05, 0.1) is 18.8 Å². The van der Waals surface area contributed by atoms with Gasteiger partial charge >= 0.3 is 0 Å². The van der Waals surface area contributed by atoms with E-state index in [0.717, 1.165) is 6.42 Å². The van der Waals surface area contributed by atoms with Crippen LogP contribution in [0, 0.1) is 0 Å². The van der Waals surface area contributed by atoms with Crippen molar-refractivity contribution in [2.24, 2.45) is 0 Å². The molecule has 0 aliphatic heterocycles. The van der Waals surface area contributed by atoms with Crippen molar-refractivity contribution in [3.05, 3.63) is 23.8 Å². The predicted molar refractivity (Wildman–Crippen MR) is 68.0 cm³/mol. The van der Waals surface area contributed by atoms with Crippen LogP contribution < -0.4 is 9.47 Å². The molecule has 0 fully saturated rings. The van der Waals surface area contributed by atoms with Crippen LogP contribution in [0.3, 0.4) is 0 Å². The van der Waals surface area contributed by atoms with Crippen LogP contribution in [0.1, 0.15) is 44.0 Å². The van der Waals surface area contributed by atoms with Gasteiger partial charge in [-0.25, -0.2) is 0 Å². The van der Waals surface area contributed by atoms with E-state index in [1.54, 1.807) is 19.2 Å². The number of carbonyl (C=O) groups is 1. The fraction of sp³-hybridized carbons (Fsp3) is 0.500. The average Bonchev–Trinajstić information content (AvgIpc) is 2.28. The van der Waals surface area contributed by atoms with E-state index < -0.39 is 0 Å². The van der Waals surface area contributed by atoms with Gasteiger partial charge in [0.25, 0.3) is 0 Å². The third kappa shape index (κ3) is 3.77. The summed E-state index contributed by atoms with van der Waals surface area (Å²) in [6.45, 7) is 5.90. The lowest BCUT2D eigenvalue weighted by molar-refractivity contribution is 0.0978. The van der Waals surface area contributed by atoms with Gasteiger partial charge in [0.15, 0.2) is 5.78 Å². The minimum atomic E-state index is 0.0949. The zero-order valence-corrected chi connectivity index (χ0v) is 10.9. The van der Waals surface area contributed by atoms with Crippen LogP contribution in [0.2, 0.25) is 0 Å². The van der Waals surface area contributed by atoms with Gasteiger partial charge in [-0.15, -0.1) is 0 Å². The van der Waals surface area contributed by atoms with E-state index in [-0.39, 0.29) is 11.9 Å². The lowest BCUT2D eigenvalue weighted by atomic mass is 10.1. The lowest BCUT2D eigenvalue weighted by Crippen LogP contribution is -2.07. The van der Waals surface area contributed by atoms with Crippen molar-refractivity contribution < 1.29 is 14.3 Å². The Balaban J connectivity index is 3.01. The summed E-state index contributed by atoms with van der Waals surface area (Å²) in [6, 6.07) is 5.36. The van der Waals surface area contributed by atoms with Crippen molar-refractivity contribution in [2.75, 3.05) is 7.11 Å². The van der Waals surface area contributed by atoms with E-state index in [2.05, 4.69) is 0 Å². The van der Waals surface area contributed by atoms with Crippen molar-refractivity contribution in [2.45, 2.75) is 39.7 Å². The Hall–Kier alpha value is -1.51. The highest BCUT2D eigenvalue weighted by atomic mass is 16.5. The van der Waals surface area contributed by atoms with Gasteiger partial charge in [-0.1, -0.05) is 6.92 Å². The molecule has 0 saturated carbocycles. The molecule has 0 saturated heterocycles. The van der Waals surface area contributed by atoms with E-state index in [4.69, 9.17) is 9.47 Å². The number of ether oxygens (including phenoxy) is 2. The number of benzene rings is 1. The van der Waals surface area contributed by atoms with Crippen LogP contribution in [0.25, 0.3) is 0 Å². The maximum Gasteiger partial charge on any atom is 0.166 e. The maximum absolute atomic E-state index is 11.9. The van der Waals surface area contributed by atoms with Crippen LogP contribution in [0.5, 0.6) is 11.5 Å². The van der Waals surface area contributed by atoms with Gasteiger partial charge in [0, 0.05) is 6.42 Å². The molecular weight excluding hydrogens is 216 g/mol. The van der Waals surface area contributed by atoms with Crippen LogP contribution >= 0.6 is 0 Å². The van der Waals surface area contributed by atoms with Gasteiger partial charge in [-0.05, 0) is 38.5 Å². The van der Waals surface area contributed by atoms with E-state index in [9.17, 15) is 4.79 Å². The Morgan fingerprint density at radius 1 is 1.35 bits per heavy atom. The summed E-state index contributed by atoms with van der Waals surface area (Å²) in [4.78, 5) is 11.9. The molecule has 3 heteroatoms. The number of ketones is 1. The quantitative estimate of drug-likeness (QED) is 0.709. The predicted octanol–water partition coefficient (Wildman–Crippen LogP) is 3.47. The molecule has 0 heterocycles. The highest BCUT2D eigenvalue weighted by Crippen LogP contribution is 2.26. The minimum absolute atomic E-state index is 0.0949. The highest BCUT2D eigenvalue weighted by molar-refractivity contribution is 5.99. The second kappa shape index (κ2) is 6.28. The third-order valence-electron chi connectivity index (χ3n) is 2.32. The molecule has 0 atom stereocenters. The summed E-state index contributed by atoms with van der Waals surface area (Å²) < 4.78 is 10.8. The number of carbonyl (C=O) groups excluding carboxylic acids is 1. The second-order valence-electron chi connectivity index (χ2n) is 4.20. The van der Waals surface area contributed by atoms with Crippen LogP contribution in [0.4, 0.5) is 0 Å². The Bertz CT molecular complexity index is 383. The monoisotopic (exact) mass is 236 g/mol. The molecule has 3 nitrogen and oxygen atoms in total. The Morgan fingerprint density at radius 3 is 2.59 bits per heavy atom. The molecule has 0 bridgehead atoms. The lowest BCUT2D eigenvalue weighted by Gasteiger charge is -2.13. The van der Waals surface area contributed by atoms with Crippen LogP contribution in [-0.4, -0.2) is 19.0 Å². The van der Waals surface area contributed by atoms with Gasteiger partial charge in [0.1, 0.15) is 11.5 Å². The smallest absolute Gasteiger partial charge is 0.166 e. The standard InChI is InChI=1S/C14H20O3/c1-5-6-13(15)12-9-11(17-10(2)3)7-8-14(12)16-4/h7-10H,5-6H2,1-4H3. The SMILES string of the molecule is CCCC(=O)c1cc(OC(C)C)ccc1OC. The van der Waals surface area contributed by atoms with E-state index in [0.29, 0.717) is 23.5 Å². The highest BCUT2D eigenvalue weighted by Gasteiger charge is 2.13. The first-order valence-corrected chi connectivity index (χ1v) is 5.96. The van der Waals surface area contributed by atoms with E-state index >= 15 is 0 Å². The first kappa shape index (κ1) is 13.6.